The fraction of sp³-hybridized carbons (Fsp3) is 0.0377. The van der Waals surface area contributed by atoms with Crippen LogP contribution in [0.25, 0.3) is 74.7 Å². The molecule has 1 heterocycles. The second-order valence-corrected chi connectivity index (χ2v) is 15.1. The zero-order valence-corrected chi connectivity index (χ0v) is 32.3. The highest BCUT2D eigenvalue weighted by molar-refractivity contribution is 7.25. The van der Waals surface area contributed by atoms with Crippen molar-refractivity contribution in [3.05, 3.63) is 205 Å². The second kappa shape index (κ2) is 16.0. The van der Waals surface area contributed by atoms with E-state index in [1.54, 1.807) is 0 Å². The van der Waals surface area contributed by atoms with Crippen molar-refractivity contribution >= 4 is 83.1 Å². The number of nitrogens with zero attached hydrogens (tertiary/aromatic N) is 3. The van der Waals surface area contributed by atoms with Crippen molar-refractivity contribution in [1.82, 2.24) is 0 Å². The van der Waals surface area contributed by atoms with Crippen LogP contribution in [-0.4, -0.2) is 19.3 Å². The number of aliphatic imine (C=N–C) groups is 3. The van der Waals surface area contributed by atoms with E-state index in [9.17, 15) is 0 Å². The Bertz CT molecular complexity index is 3090. The summed E-state index contributed by atoms with van der Waals surface area (Å²) in [7, 11) is 0. The molecule has 0 N–H and O–H groups in total. The average Bonchev–Trinajstić information content (AvgIpc) is 3.66. The van der Waals surface area contributed by atoms with Crippen LogP contribution in [0.3, 0.4) is 0 Å². The van der Waals surface area contributed by atoms with Crippen LogP contribution in [0.4, 0.5) is 0 Å². The molecule has 0 unspecified atom stereocenters. The van der Waals surface area contributed by atoms with Crippen LogP contribution < -0.4 is 0 Å². The van der Waals surface area contributed by atoms with Gasteiger partial charge in [-0.05, 0) is 103 Å². The second-order valence-electron chi connectivity index (χ2n) is 14.1. The normalized spacial score (nSPS) is 11.5. The molecule has 9 aromatic carbocycles. The van der Waals surface area contributed by atoms with Gasteiger partial charge in [-0.1, -0.05) is 164 Å². The number of amidine groups is 1. The monoisotopic (exact) mass is 749 g/mol. The Balaban J connectivity index is 0.000000161. The van der Waals surface area contributed by atoms with Gasteiger partial charge in [0, 0.05) is 25.7 Å². The van der Waals surface area contributed by atoms with Crippen LogP contribution in [-0.2, 0) is 13.1 Å². The molecule has 0 bridgehead atoms. The molecule has 0 spiro atoms. The first kappa shape index (κ1) is 35.7. The molecule has 272 valence electrons. The molecular formula is C53H39N3S. The Kier molecular flexibility index (Phi) is 10.0. The summed E-state index contributed by atoms with van der Waals surface area (Å²) in [6, 6.07) is 66.5. The molecule has 0 aliphatic heterocycles. The van der Waals surface area contributed by atoms with Crippen LogP contribution >= 0.6 is 11.3 Å². The first-order valence-corrected chi connectivity index (χ1v) is 19.9. The minimum Gasteiger partial charge on any atom is -0.296 e. The third-order valence-electron chi connectivity index (χ3n) is 10.6. The summed E-state index contributed by atoms with van der Waals surface area (Å²) in [5.41, 5.74) is 8.30. The zero-order chi connectivity index (χ0) is 38.6. The lowest BCUT2D eigenvalue weighted by Gasteiger charge is -2.14. The van der Waals surface area contributed by atoms with E-state index in [0.717, 1.165) is 11.1 Å². The summed E-state index contributed by atoms with van der Waals surface area (Å²) in [5.74, 6) is 0.678. The number of hydrogen-bond donors (Lipinski definition) is 0. The number of rotatable bonds is 7. The van der Waals surface area contributed by atoms with E-state index < -0.39 is 0 Å². The molecule has 0 aliphatic carbocycles. The third-order valence-corrected chi connectivity index (χ3v) is 11.7. The molecule has 0 saturated heterocycles. The van der Waals surface area contributed by atoms with Gasteiger partial charge in [0.15, 0.2) is 5.84 Å². The van der Waals surface area contributed by atoms with Crippen molar-refractivity contribution in [3.8, 4) is 22.3 Å². The van der Waals surface area contributed by atoms with Gasteiger partial charge >= 0.3 is 0 Å². The standard InChI is InChI=1S/C32H21NS.C21H18N2/c1-33-19-22-7-6-11-26-23-8-2-3-9-24(23)28-17-20(13-15-27(28)32(22)26)21-14-16-31-29(18-21)25-10-4-5-12-30(25)34-31;1-22-21(20-10-6-3-7-11-20)23-16-17-12-14-19(15-13-17)18-8-4-2-5-9-18/h2-18H,1,19H2;2-15H,1,16H2. The van der Waals surface area contributed by atoms with E-state index >= 15 is 0 Å². The maximum atomic E-state index is 4.57. The molecule has 4 heteroatoms. The number of hydrogen-bond acceptors (Lipinski definition) is 3. The highest BCUT2D eigenvalue weighted by Crippen LogP contribution is 2.40. The molecule has 0 amide bonds. The zero-order valence-electron chi connectivity index (χ0n) is 31.5. The summed E-state index contributed by atoms with van der Waals surface area (Å²) >= 11 is 1.86. The first-order chi connectivity index (χ1) is 28.2. The fourth-order valence-corrected chi connectivity index (χ4v) is 8.92. The summed E-state index contributed by atoms with van der Waals surface area (Å²) in [6.07, 6.45) is 0. The molecule has 57 heavy (non-hydrogen) atoms. The molecule has 10 aromatic rings. The van der Waals surface area contributed by atoms with Gasteiger partial charge < -0.3 is 0 Å². The summed E-state index contributed by atoms with van der Waals surface area (Å²) in [4.78, 5) is 12.8. The van der Waals surface area contributed by atoms with Gasteiger partial charge in [0.2, 0.25) is 0 Å². The van der Waals surface area contributed by atoms with Gasteiger partial charge in [-0.2, -0.15) is 0 Å². The highest BCUT2D eigenvalue weighted by atomic mass is 32.1. The van der Waals surface area contributed by atoms with Crippen molar-refractivity contribution < 1.29 is 0 Å². The number of benzene rings is 9. The Morgan fingerprint density at radius 3 is 1.72 bits per heavy atom. The Labute approximate surface area is 336 Å². The van der Waals surface area contributed by atoms with Crippen molar-refractivity contribution in [2.24, 2.45) is 15.0 Å². The highest BCUT2D eigenvalue weighted by Gasteiger charge is 2.13. The van der Waals surface area contributed by atoms with E-state index in [0.29, 0.717) is 18.9 Å². The Hall–Kier alpha value is -7.01. The van der Waals surface area contributed by atoms with E-state index in [-0.39, 0.29) is 0 Å². The minimum absolute atomic E-state index is 0.596. The molecule has 0 aliphatic rings. The van der Waals surface area contributed by atoms with Gasteiger partial charge in [-0.25, -0.2) is 4.99 Å². The van der Waals surface area contributed by atoms with Gasteiger partial charge in [-0.15, -0.1) is 11.3 Å². The SMILES string of the molecule is C=NC(=NCc1ccc(-c2ccccc2)cc1)c1ccccc1.C=NCc1cccc2c3ccccc3c3cc(-c4ccc5sc6ccccc6c5c4)ccc3c12. The topological polar surface area (TPSA) is 37.1 Å². The Morgan fingerprint density at radius 1 is 0.421 bits per heavy atom. The van der Waals surface area contributed by atoms with Gasteiger partial charge in [0.1, 0.15) is 0 Å². The van der Waals surface area contributed by atoms with E-state index in [1.807, 2.05) is 47.7 Å². The number of fused-ring (bicyclic) bond motifs is 9. The van der Waals surface area contributed by atoms with E-state index in [4.69, 9.17) is 0 Å². The molecule has 10 rings (SSSR count). The van der Waals surface area contributed by atoms with Crippen LogP contribution in [0.15, 0.2) is 203 Å². The van der Waals surface area contributed by atoms with Gasteiger partial charge in [0.05, 0.1) is 13.1 Å². The summed E-state index contributed by atoms with van der Waals surface area (Å²) < 4.78 is 2.68. The molecule has 1 aromatic heterocycles. The molecule has 0 atom stereocenters. The third kappa shape index (κ3) is 7.15. The van der Waals surface area contributed by atoms with Crippen LogP contribution in [0.1, 0.15) is 16.7 Å². The van der Waals surface area contributed by atoms with Crippen LogP contribution in [0, 0.1) is 0 Å². The van der Waals surface area contributed by atoms with Crippen LogP contribution in [0.5, 0.6) is 0 Å². The quantitative estimate of drug-likeness (QED) is 0.0884. The lowest BCUT2D eigenvalue weighted by atomic mass is 9.90. The van der Waals surface area contributed by atoms with E-state index in [1.165, 1.54) is 80.3 Å². The largest absolute Gasteiger partial charge is 0.296 e. The lowest BCUT2D eigenvalue weighted by Crippen LogP contribution is -1.97. The molecule has 3 nitrogen and oxygen atoms in total. The predicted molar refractivity (Wildman–Crippen MR) is 249 cm³/mol. The van der Waals surface area contributed by atoms with Crippen molar-refractivity contribution in [1.29, 1.82) is 0 Å². The fourth-order valence-electron chi connectivity index (χ4n) is 7.84. The summed E-state index contributed by atoms with van der Waals surface area (Å²) in [5, 5.41) is 10.4. The smallest absolute Gasteiger partial charge is 0.154 e. The predicted octanol–water partition coefficient (Wildman–Crippen LogP) is 14.4. The molecule has 0 radical (unpaired) electrons. The van der Waals surface area contributed by atoms with Crippen molar-refractivity contribution in [2.75, 3.05) is 0 Å². The maximum absolute atomic E-state index is 4.57. The summed E-state index contributed by atoms with van der Waals surface area (Å²) in [6.45, 7) is 8.59. The van der Waals surface area contributed by atoms with Gasteiger partial charge in [0.25, 0.3) is 0 Å². The molecular weight excluding hydrogens is 711 g/mol. The average molecular weight is 750 g/mol. The Morgan fingerprint density at radius 2 is 0.982 bits per heavy atom. The number of thiophene rings is 1. The molecule has 0 fully saturated rings. The molecule has 0 saturated carbocycles. The lowest BCUT2D eigenvalue weighted by molar-refractivity contribution is 1.06. The van der Waals surface area contributed by atoms with Crippen molar-refractivity contribution in [2.45, 2.75) is 13.1 Å². The minimum atomic E-state index is 0.596. The first-order valence-electron chi connectivity index (χ1n) is 19.1. The van der Waals surface area contributed by atoms with Crippen LogP contribution in [0.2, 0.25) is 0 Å². The van der Waals surface area contributed by atoms with Crippen molar-refractivity contribution in [3.63, 3.8) is 0 Å². The maximum Gasteiger partial charge on any atom is 0.154 e. The van der Waals surface area contributed by atoms with Gasteiger partial charge in [-0.3, -0.25) is 9.98 Å². The van der Waals surface area contributed by atoms with E-state index in [2.05, 4.69) is 180 Å².